The molecule has 1 fully saturated rings. The second kappa shape index (κ2) is 9.84. The van der Waals surface area contributed by atoms with Gasteiger partial charge in [0.25, 0.3) is 0 Å². The minimum atomic E-state index is -0.520. The lowest BCUT2D eigenvalue weighted by molar-refractivity contribution is 0.0916. The third-order valence-electron chi connectivity index (χ3n) is 6.05. The number of aromatic nitrogens is 2. The molecule has 8 nitrogen and oxygen atoms in total. The van der Waals surface area contributed by atoms with Gasteiger partial charge in [0.15, 0.2) is 11.5 Å². The van der Waals surface area contributed by atoms with E-state index in [-0.39, 0.29) is 12.3 Å². The number of nitrogens with one attached hydrogen (secondary N) is 1. The Morgan fingerprint density at radius 1 is 1.18 bits per heavy atom. The van der Waals surface area contributed by atoms with E-state index in [4.69, 9.17) is 6.57 Å². The number of fused-ring (bicyclic) bond motifs is 1. The molecule has 33 heavy (non-hydrogen) atoms. The van der Waals surface area contributed by atoms with Gasteiger partial charge in [0.05, 0.1) is 36.8 Å². The van der Waals surface area contributed by atoms with E-state index in [0.29, 0.717) is 23.3 Å². The second-order valence-electron chi connectivity index (χ2n) is 8.24. The summed E-state index contributed by atoms with van der Waals surface area (Å²) in [5.74, 6) is 0.0591. The van der Waals surface area contributed by atoms with E-state index in [1.165, 1.54) is 13.5 Å². The van der Waals surface area contributed by atoms with Crippen molar-refractivity contribution in [1.82, 2.24) is 19.8 Å². The van der Waals surface area contributed by atoms with E-state index in [2.05, 4.69) is 24.8 Å². The minimum absolute atomic E-state index is 0.0591. The minimum Gasteiger partial charge on any atom is -0.453 e. The van der Waals surface area contributed by atoms with Crippen molar-refractivity contribution in [1.29, 1.82) is 0 Å². The number of benzene rings is 1. The van der Waals surface area contributed by atoms with Crippen molar-refractivity contribution < 1.29 is 14.3 Å². The van der Waals surface area contributed by atoms with Crippen molar-refractivity contribution in [2.24, 2.45) is 0 Å². The number of amides is 1. The highest BCUT2D eigenvalue weighted by atomic mass is 16.5. The summed E-state index contributed by atoms with van der Waals surface area (Å²) in [4.78, 5) is 35.2. The molecular weight excluding hydrogens is 418 g/mol. The average molecular weight is 446 g/mol. The molecule has 3 aromatic rings. The molecule has 0 unspecified atom stereocenters. The van der Waals surface area contributed by atoms with Crippen molar-refractivity contribution in [2.75, 3.05) is 26.7 Å². The zero-order valence-electron chi connectivity index (χ0n) is 18.9. The number of carbonyl (C=O) groups excluding carboxylic acids is 2. The molecular formula is C25H27N5O3. The first-order valence-corrected chi connectivity index (χ1v) is 11.1. The fraction of sp³-hybridized carbons (Fsp3) is 0.360. The molecule has 1 amide bonds. The van der Waals surface area contributed by atoms with Gasteiger partial charge < -0.3 is 14.6 Å². The Bertz CT molecular complexity index is 1220. The predicted octanol–water partition coefficient (Wildman–Crippen LogP) is 4.41. The number of carbonyl (C=O) groups is 2. The van der Waals surface area contributed by atoms with Crippen LogP contribution in [0.2, 0.25) is 0 Å². The molecule has 0 bridgehead atoms. The maximum atomic E-state index is 13.4. The van der Waals surface area contributed by atoms with Gasteiger partial charge in [-0.05, 0) is 56.6 Å². The summed E-state index contributed by atoms with van der Waals surface area (Å²) >= 11 is 0. The monoisotopic (exact) mass is 445 g/mol. The van der Waals surface area contributed by atoms with Crippen molar-refractivity contribution >= 4 is 28.6 Å². The van der Waals surface area contributed by atoms with Gasteiger partial charge in [-0.25, -0.2) is 9.64 Å². The van der Waals surface area contributed by atoms with Crippen LogP contribution in [0.3, 0.4) is 0 Å². The van der Waals surface area contributed by atoms with E-state index in [1.54, 1.807) is 18.3 Å². The molecule has 2 aromatic heterocycles. The van der Waals surface area contributed by atoms with Crippen LogP contribution in [0, 0.1) is 13.5 Å². The summed E-state index contributed by atoms with van der Waals surface area (Å²) < 4.78 is 6.65. The second-order valence-corrected chi connectivity index (χ2v) is 8.24. The first kappa shape index (κ1) is 22.5. The van der Waals surface area contributed by atoms with Gasteiger partial charge in [-0.1, -0.05) is 18.6 Å². The Balaban J connectivity index is 1.78. The number of Topliss-reactive ketones (excluding diaryl/α,β-unsaturated/α-hetero) is 1. The van der Waals surface area contributed by atoms with Gasteiger partial charge in [0.2, 0.25) is 0 Å². The van der Waals surface area contributed by atoms with Crippen molar-refractivity contribution in [3.8, 4) is 5.69 Å². The summed E-state index contributed by atoms with van der Waals surface area (Å²) in [6, 6.07) is 9.21. The number of hydrogen-bond acceptors (Lipinski definition) is 5. The molecule has 0 atom stereocenters. The third kappa shape index (κ3) is 4.73. The van der Waals surface area contributed by atoms with Gasteiger partial charge >= 0.3 is 6.09 Å². The topological polar surface area (TPSA) is 80.8 Å². The van der Waals surface area contributed by atoms with Crippen LogP contribution >= 0.6 is 0 Å². The summed E-state index contributed by atoms with van der Waals surface area (Å²) in [5, 5.41) is 2.67. The summed E-state index contributed by atoms with van der Waals surface area (Å²) in [7, 11) is 1.32. The Kier molecular flexibility index (Phi) is 6.71. The number of ketones is 1. The average Bonchev–Trinajstić information content (AvgIpc) is 3.14. The highest BCUT2D eigenvalue weighted by Crippen LogP contribution is 2.30. The number of ether oxygens (including phenoxy) is 1. The van der Waals surface area contributed by atoms with Crippen molar-refractivity contribution in [3.05, 3.63) is 64.8 Å². The first-order chi connectivity index (χ1) is 16.0. The highest BCUT2D eigenvalue weighted by Gasteiger charge is 2.24. The summed E-state index contributed by atoms with van der Waals surface area (Å²) in [6.45, 7) is 11.7. The lowest BCUT2D eigenvalue weighted by Gasteiger charge is -2.25. The molecule has 0 aliphatic carbocycles. The highest BCUT2D eigenvalue weighted by molar-refractivity contribution is 6.09. The Labute approximate surface area is 193 Å². The maximum absolute atomic E-state index is 13.4. The Morgan fingerprint density at radius 2 is 1.91 bits per heavy atom. The van der Waals surface area contributed by atoms with Gasteiger partial charge in [-0.15, -0.1) is 0 Å². The van der Waals surface area contributed by atoms with Crippen molar-refractivity contribution in [2.45, 2.75) is 32.7 Å². The zero-order valence-corrected chi connectivity index (χ0v) is 18.9. The van der Waals surface area contributed by atoms with Gasteiger partial charge in [-0.2, -0.15) is 0 Å². The lowest BCUT2D eigenvalue weighted by Crippen LogP contribution is -2.34. The quantitative estimate of drug-likeness (QED) is 0.449. The third-order valence-corrected chi connectivity index (χ3v) is 6.05. The fourth-order valence-electron chi connectivity index (χ4n) is 4.41. The van der Waals surface area contributed by atoms with Crippen LogP contribution in [0.1, 0.15) is 40.9 Å². The van der Waals surface area contributed by atoms with E-state index in [0.717, 1.165) is 48.4 Å². The fourth-order valence-corrected chi connectivity index (χ4v) is 4.41. The largest absolute Gasteiger partial charge is 0.453 e. The molecule has 1 aromatic carbocycles. The summed E-state index contributed by atoms with van der Waals surface area (Å²) in [5.41, 5.74) is 5.06. The normalized spacial score (nSPS) is 14.1. The molecule has 0 spiro atoms. The molecule has 3 heterocycles. The molecule has 1 saturated heterocycles. The van der Waals surface area contributed by atoms with Gasteiger partial charge in [-0.3, -0.25) is 14.7 Å². The standard InChI is InChI=1S/C25H27N5O3/c1-17-23(22(31)16-29-11-5-4-6-12-29)24-21(13-18(14-27-24)15-28-25(32)33-3)30(17)20-9-7-19(26-2)8-10-20/h7-10,13-14H,4-6,11-12,15-16H2,1,3H3,(H,28,32). The van der Waals surface area contributed by atoms with E-state index < -0.39 is 6.09 Å². The Morgan fingerprint density at radius 3 is 2.58 bits per heavy atom. The summed E-state index contributed by atoms with van der Waals surface area (Å²) in [6.07, 6.45) is 4.62. The molecule has 170 valence electrons. The smallest absolute Gasteiger partial charge is 0.407 e. The van der Waals surface area contributed by atoms with E-state index in [1.807, 2.05) is 29.7 Å². The van der Waals surface area contributed by atoms with Crippen LogP contribution in [-0.4, -0.2) is 53.1 Å². The molecule has 0 saturated carbocycles. The van der Waals surface area contributed by atoms with Crippen LogP contribution in [0.15, 0.2) is 36.5 Å². The van der Waals surface area contributed by atoms with Crippen LogP contribution in [-0.2, 0) is 11.3 Å². The predicted molar refractivity (Wildman–Crippen MR) is 126 cm³/mol. The van der Waals surface area contributed by atoms with Gasteiger partial charge in [0, 0.05) is 24.1 Å². The molecule has 4 rings (SSSR count). The van der Waals surface area contributed by atoms with E-state index in [9.17, 15) is 9.59 Å². The zero-order chi connectivity index (χ0) is 23.4. The molecule has 0 radical (unpaired) electrons. The van der Waals surface area contributed by atoms with Crippen LogP contribution in [0.5, 0.6) is 0 Å². The number of likely N-dealkylation sites (tertiary alicyclic amines) is 1. The SMILES string of the molecule is [C-]#[N+]c1ccc(-n2c(C)c(C(=O)CN3CCCCC3)c3ncc(CNC(=O)OC)cc32)cc1. The lowest BCUT2D eigenvalue weighted by atomic mass is 10.1. The van der Waals surface area contributed by atoms with Crippen LogP contribution in [0.4, 0.5) is 10.5 Å². The van der Waals surface area contributed by atoms with E-state index >= 15 is 0 Å². The maximum Gasteiger partial charge on any atom is 0.407 e. The number of nitrogens with zero attached hydrogens (tertiary/aromatic N) is 4. The number of alkyl carbamates (subject to hydrolysis) is 1. The number of hydrogen-bond donors (Lipinski definition) is 1. The van der Waals surface area contributed by atoms with Crippen LogP contribution < -0.4 is 5.32 Å². The molecule has 1 N–H and O–H groups in total. The number of rotatable bonds is 6. The number of piperidine rings is 1. The van der Waals surface area contributed by atoms with Gasteiger partial charge in [0.1, 0.15) is 0 Å². The molecule has 1 aliphatic heterocycles. The molecule has 8 heteroatoms. The Hall–Kier alpha value is -3.70. The number of pyridine rings is 1. The van der Waals surface area contributed by atoms with Crippen LogP contribution in [0.25, 0.3) is 21.6 Å². The van der Waals surface area contributed by atoms with Crippen molar-refractivity contribution in [3.63, 3.8) is 0 Å². The first-order valence-electron chi connectivity index (χ1n) is 11.1. The number of methoxy groups -OCH3 is 1. The molecule has 1 aliphatic rings.